The maximum Gasteiger partial charge on any atom is 1.00 e. The van der Waals surface area contributed by atoms with Gasteiger partial charge in [0.2, 0.25) is 0 Å². The molecule has 0 bridgehead atoms. The number of thioether (sulfide) groups is 1. The zero-order valence-corrected chi connectivity index (χ0v) is 21.0. The van der Waals surface area contributed by atoms with Gasteiger partial charge in [0.05, 0.1) is 0 Å². The maximum atomic E-state index is 13.6. The molecule has 0 atom stereocenters. The number of hydrogen-bond donors (Lipinski definition) is 0. The van der Waals surface area contributed by atoms with Gasteiger partial charge in [-0.15, -0.1) is 0 Å². The van der Waals surface area contributed by atoms with Crippen LogP contribution in [-0.2, 0) is 21.7 Å². The van der Waals surface area contributed by atoms with Gasteiger partial charge in [-0.25, -0.2) is 0 Å². The summed E-state index contributed by atoms with van der Waals surface area (Å²) in [4.78, 5) is 21.4. The van der Waals surface area contributed by atoms with Crippen LogP contribution in [0.15, 0.2) is 53.0 Å². The molecule has 0 aliphatic rings. The third kappa shape index (κ3) is 7.31. The molecule has 124 valence electrons. The molecule has 2 aromatic rings. The standard InChI is InChI=1S/C15H14BrF2O3PS.2Na/c16-14-8-12(10-23-9-11-4-2-1-3-5-11)6-7-13(14)15(17,18)22(19,20)21;;/h1-8H,9-10H2,(H2,19,20,21);;/q;2*+1/p-2. The zero-order chi connectivity index (χ0) is 17.1. The van der Waals surface area contributed by atoms with E-state index in [9.17, 15) is 23.1 Å². The summed E-state index contributed by atoms with van der Waals surface area (Å²) in [5.41, 5.74) is -3.35. The van der Waals surface area contributed by atoms with E-state index in [0.717, 1.165) is 22.9 Å². The van der Waals surface area contributed by atoms with Crippen LogP contribution in [0, 0.1) is 0 Å². The fourth-order valence-electron chi connectivity index (χ4n) is 1.90. The monoisotopic (exact) mass is 466 g/mol. The van der Waals surface area contributed by atoms with E-state index in [4.69, 9.17) is 0 Å². The second-order valence-electron chi connectivity index (χ2n) is 4.83. The van der Waals surface area contributed by atoms with Gasteiger partial charge in [0.25, 0.3) is 5.66 Å². The number of rotatable bonds is 6. The molecular weight excluding hydrogens is 455 g/mol. The molecule has 0 aliphatic carbocycles. The average molecular weight is 467 g/mol. The van der Waals surface area contributed by atoms with Gasteiger partial charge in [-0.1, -0.05) is 58.4 Å². The van der Waals surface area contributed by atoms with Crippen LogP contribution in [-0.4, -0.2) is 0 Å². The van der Waals surface area contributed by atoms with Crippen molar-refractivity contribution in [2.45, 2.75) is 17.2 Å². The summed E-state index contributed by atoms with van der Waals surface area (Å²) >= 11 is 4.52. The first-order chi connectivity index (χ1) is 10.7. The Bertz CT molecular complexity index is 732. The molecule has 0 amide bonds. The van der Waals surface area contributed by atoms with Gasteiger partial charge in [-0.05, 0) is 17.2 Å². The van der Waals surface area contributed by atoms with E-state index in [0.29, 0.717) is 5.75 Å². The van der Waals surface area contributed by atoms with Crippen molar-refractivity contribution in [1.29, 1.82) is 0 Å². The topological polar surface area (TPSA) is 63.2 Å². The summed E-state index contributed by atoms with van der Waals surface area (Å²) in [6.45, 7) is 0. The summed E-state index contributed by atoms with van der Waals surface area (Å²) in [5, 5.41) is 0. The molecule has 2 aromatic carbocycles. The van der Waals surface area contributed by atoms with E-state index in [1.54, 1.807) is 11.8 Å². The molecule has 0 aliphatic heterocycles. The molecule has 10 heteroatoms. The van der Waals surface area contributed by atoms with Crippen LogP contribution in [0.5, 0.6) is 0 Å². The van der Waals surface area contributed by atoms with Crippen LogP contribution in [0.25, 0.3) is 0 Å². The van der Waals surface area contributed by atoms with Crippen LogP contribution in [0.4, 0.5) is 8.78 Å². The largest absolute Gasteiger partial charge is 1.00 e. The first kappa shape index (κ1) is 26.3. The molecule has 0 fully saturated rings. The molecule has 0 radical (unpaired) electrons. The van der Waals surface area contributed by atoms with E-state index in [1.165, 1.54) is 12.1 Å². The molecule has 0 aromatic heterocycles. The number of benzene rings is 2. The predicted molar refractivity (Wildman–Crippen MR) is 87.1 cm³/mol. The molecule has 0 N–H and O–H groups in total. The number of halogens is 3. The Labute approximate surface area is 202 Å². The van der Waals surface area contributed by atoms with Crippen LogP contribution >= 0.6 is 35.3 Å². The SMILES string of the molecule is O=P([O-])([O-])C(F)(F)c1ccc(CSCc2ccccc2)cc1Br.[Na+].[Na+]. The molecule has 2 rings (SSSR count). The van der Waals surface area contributed by atoms with E-state index in [-0.39, 0.29) is 63.6 Å². The number of alkyl halides is 2. The van der Waals surface area contributed by atoms with E-state index in [1.807, 2.05) is 30.3 Å². The van der Waals surface area contributed by atoms with Crippen molar-refractivity contribution in [3.8, 4) is 0 Å². The van der Waals surface area contributed by atoms with Crippen molar-refractivity contribution in [3.63, 3.8) is 0 Å². The Morgan fingerprint density at radius 1 is 1.00 bits per heavy atom. The van der Waals surface area contributed by atoms with Crippen molar-refractivity contribution in [2.75, 3.05) is 0 Å². The molecule has 0 unspecified atom stereocenters. The Morgan fingerprint density at radius 2 is 1.56 bits per heavy atom. The summed E-state index contributed by atoms with van der Waals surface area (Å²) in [5.74, 6) is 1.35. The van der Waals surface area contributed by atoms with Gasteiger partial charge in [0.1, 0.15) is 0 Å². The predicted octanol–water partition coefficient (Wildman–Crippen LogP) is -2.15. The van der Waals surface area contributed by atoms with Gasteiger partial charge in [0, 0.05) is 29.1 Å². The minimum Gasteiger partial charge on any atom is -0.806 e. The normalized spacial score (nSPS) is 11.4. The van der Waals surface area contributed by atoms with Gasteiger partial charge in [-0.2, -0.15) is 20.5 Å². The summed E-state index contributed by atoms with van der Waals surface area (Å²) < 4.78 is 37.8. The molecule has 0 heterocycles. The molecule has 25 heavy (non-hydrogen) atoms. The molecule has 0 saturated carbocycles. The van der Waals surface area contributed by atoms with Gasteiger partial charge in [-0.3, -0.25) is 0 Å². The van der Waals surface area contributed by atoms with E-state index in [2.05, 4.69) is 15.9 Å². The molecule has 0 saturated heterocycles. The molecule has 0 spiro atoms. The zero-order valence-electron chi connectivity index (χ0n) is 13.7. The second kappa shape index (κ2) is 11.3. The van der Waals surface area contributed by atoms with Crippen LogP contribution in [0.3, 0.4) is 0 Å². The van der Waals surface area contributed by atoms with Crippen LogP contribution in [0.2, 0.25) is 0 Å². The van der Waals surface area contributed by atoms with Gasteiger partial charge >= 0.3 is 59.1 Å². The Kier molecular flexibility index (Phi) is 11.9. The third-order valence-corrected chi connectivity index (χ3v) is 5.74. The van der Waals surface area contributed by atoms with E-state index >= 15 is 0 Å². The van der Waals surface area contributed by atoms with Gasteiger partial charge < -0.3 is 14.4 Å². The average Bonchev–Trinajstić information content (AvgIpc) is 2.47. The third-order valence-electron chi connectivity index (χ3n) is 3.08. The van der Waals surface area contributed by atoms with Crippen molar-refractivity contribution in [2.24, 2.45) is 0 Å². The van der Waals surface area contributed by atoms with E-state index < -0.39 is 18.8 Å². The van der Waals surface area contributed by atoms with Crippen molar-refractivity contribution in [3.05, 3.63) is 69.7 Å². The van der Waals surface area contributed by atoms with Crippen LogP contribution < -0.4 is 68.9 Å². The summed E-state index contributed by atoms with van der Waals surface area (Å²) in [6, 6.07) is 13.6. The number of hydrogen-bond acceptors (Lipinski definition) is 4. The first-order valence-electron chi connectivity index (χ1n) is 6.52. The molecule has 3 nitrogen and oxygen atoms in total. The van der Waals surface area contributed by atoms with Crippen molar-refractivity contribution < 1.29 is 82.2 Å². The maximum absolute atomic E-state index is 13.6. The second-order valence-corrected chi connectivity index (χ2v) is 8.23. The fourth-order valence-corrected chi connectivity index (χ4v) is 4.16. The van der Waals surface area contributed by atoms with Gasteiger partial charge in [0.15, 0.2) is 0 Å². The first-order valence-corrected chi connectivity index (χ1v) is 10.0. The van der Waals surface area contributed by atoms with Crippen molar-refractivity contribution >= 4 is 35.3 Å². The Hall–Kier alpha value is 1.28. The van der Waals surface area contributed by atoms with Crippen LogP contribution in [0.1, 0.15) is 16.7 Å². The quantitative estimate of drug-likeness (QED) is 0.360. The summed E-state index contributed by atoms with van der Waals surface area (Å²) in [7, 11) is -6.06. The Balaban J connectivity index is 0.00000288. The minimum atomic E-state index is -6.06. The minimum absolute atomic E-state index is 0. The Morgan fingerprint density at radius 3 is 2.08 bits per heavy atom. The fraction of sp³-hybridized carbons (Fsp3) is 0.200. The summed E-state index contributed by atoms with van der Waals surface area (Å²) in [6.07, 6.45) is 0. The smallest absolute Gasteiger partial charge is 0.806 e. The van der Waals surface area contributed by atoms with Crippen molar-refractivity contribution in [1.82, 2.24) is 0 Å². The molecular formula is C15H12BrF2Na2O3PS.